The SMILES string of the molecule is Cc1ccccc1C(c1ccccc1C)N1[CH-]N(Cc2ccccc2)[C@H](C(C)(C)C)[C@H]1C(C)(C)C.[Cl][Cu+]. The van der Waals surface area contributed by atoms with Crippen LogP contribution in [-0.2, 0) is 21.6 Å². The van der Waals surface area contributed by atoms with Crippen molar-refractivity contribution < 1.29 is 15.1 Å². The average Bonchev–Trinajstić information content (AvgIpc) is 3.23. The number of aryl methyl sites for hydroxylation is 2. The van der Waals surface area contributed by atoms with Gasteiger partial charge in [-0.15, -0.1) is 0 Å². The summed E-state index contributed by atoms with van der Waals surface area (Å²) in [4.78, 5) is 5.32. The third-order valence-electron chi connectivity index (χ3n) is 7.51. The fourth-order valence-electron chi connectivity index (χ4n) is 5.99. The van der Waals surface area contributed by atoms with Crippen LogP contribution in [0.4, 0.5) is 0 Å². The Morgan fingerprint density at radius 3 is 1.57 bits per heavy atom. The normalized spacial score (nSPS) is 19.1. The number of rotatable bonds is 5. The Bertz CT molecular complexity index is 1090. The fourth-order valence-corrected chi connectivity index (χ4v) is 5.99. The molecule has 1 aliphatic rings. The van der Waals surface area contributed by atoms with Crippen molar-refractivity contribution in [2.45, 2.75) is 80.1 Å². The molecule has 3 aromatic rings. The van der Waals surface area contributed by atoms with Crippen LogP contribution in [0.1, 0.15) is 75.4 Å². The Labute approximate surface area is 238 Å². The summed E-state index contributed by atoms with van der Waals surface area (Å²) in [5.74, 6) is 0. The first-order valence-electron chi connectivity index (χ1n) is 13.1. The van der Waals surface area contributed by atoms with E-state index in [1.807, 2.05) is 0 Å². The Morgan fingerprint density at radius 1 is 0.703 bits per heavy atom. The molecule has 1 aliphatic heterocycles. The van der Waals surface area contributed by atoms with E-state index in [1.165, 1.54) is 27.8 Å². The Morgan fingerprint density at radius 2 is 1.14 bits per heavy atom. The van der Waals surface area contributed by atoms with Crippen molar-refractivity contribution in [1.82, 2.24) is 9.80 Å². The number of halogens is 1. The Kier molecular flexibility index (Phi) is 10.1. The minimum atomic E-state index is 0.0868. The fraction of sp³-hybridized carbons (Fsp3) is 0.424. The van der Waals surface area contributed by atoms with Crippen molar-refractivity contribution in [3.63, 3.8) is 0 Å². The van der Waals surface area contributed by atoms with E-state index in [4.69, 9.17) is 0 Å². The summed E-state index contributed by atoms with van der Waals surface area (Å²) >= 11 is 3.66. The quantitative estimate of drug-likeness (QED) is 0.225. The van der Waals surface area contributed by atoms with Crippen molar-refractivity contribution in [3.05, 3.63) is 113 Å². The first-order chi connectivity index (χ1) is 17.5. The zero-order valence-electron chi connectivity index (χ0n) is 23.6. The molecule has 0 saturated carbocycles. The zero-order chi connectivity index (χ0) is 27.4. The van der Waals surface area contributed by atoms with Gasteiger partial charge in [0.1, 0.15) is 0 Å². The van der Waals surface area contributed by atoms with Crippen LogP contribution in [0.3, 0.4) is 0 Å². The molecule has 0 spiro atoms. The molecule has 0 aliphatic carbocycles. The van der Waals surface area contributed by atoms with Gasteiger partial charge in [-0.2, -0.15) is 0 Å². The van der Waals surface area contributed by atoms with Crippen molar-refractivity contribution in [2.24, 2.45) is 10.8 Å². The van der Waals surface area contributed by atoms with Gasteiger partial charge in [0.25, 0.3) is 0 Å². The maximum absolute atomic E-state index is 4.20. The van der Waals surface area contributed by atoms with E-state index in [0.717, 1.165) is 6.54 Å². The van der Waals surface area contributed by atoms with Crippen molar-refractivity contribution in [2.75, 3.05) is 0 Å². The molecule has 0 bridgehead atoms. The standard InChI is InChI=1S/C33H43N2.ClH.Cu/c1-24-16-12-14-20-27(24)29(28-21-15-13-17-25(28)2)35-23-34(22-26-18-10-9-11-19-26)30(32(3,4)5)31(35)33(6,7)8;;/h9-21,23,29-31H,22H2,1-8H3;1H;/q-1;;+2/p-1/t30-,31-;;/m0../s1. The first-order valence-corrected chi connectivity index (χ1v) is 14.4. The molecule has 37 heavy (non-hydrogen) atoms. The predicted molar refractivity (Wildman–Crippen MR) is 155 cm³/mol. The van der Waals surface area contributed by atoms with E-state index in [9.17, 15) is 0 Å². The van der Waals surface area contributed by atoms with Gasteiger partial charge in [0.2, 0.25) is 0 Å². The second-order valence-electron chi connectivity index (χ2n) is 12.5. The van der Waals surface area contributed by atoms with E-state index in [0.29, 0.717) is 12.1 Å². The van der Waals surface area contributed by atoms with E-state index >= 15 is 0 Å². The van der Waals surface area contributed by atoms with Crippen LogP contribution in [-0.4, -0.2) is 21.9 Å². The summed E-state index contributed by atoms with van der Waals surface area (Å²) in [7, 11) is 4.20. The summed E-state index contributed by atoms with van der Waals surface area (Å²) in [6.45, 7) is 22.3. The van der Waals surface area contributed by atoms with Crippen LogP contribution in [0.15, 0.2) is 78.9 Å². The summed E-state index contributed by atoms with van der Waals surface area (Å²) < 4.78 is 0. The molecule has 4 rings (SSSR count). The van der Waals surface area contributed by atoms with Crippen LogP contribution in [0, 0.1) is 31.3 Å². The third kappa shape index (κ3) is 6.88. The summed E-state index contributed by atoms with van der Waals surface area (Å²) in [5, 5.41) is 0. The molecule has 0 unspecified atom stereocenters. The van der Waals surface area contributed by atoms with Gasteiger partial charge >= 0.3 is 25.2 Å². The molecule has 203 valence electrons. The topological polar surface area (TPSA) is 6.48 Å². The molecular weight excluding hydrogens is 523 g/mol. The van der Waals surface area contributed by atoms with Gasteiger partial charge in [0.05, 0.1) is 0 Å². The van der Waals surface area contributed by atoms with E-state index in [1.54, 1.807) is 0 Å². The van der Waals surface area contributed by atoms with Crippen LogP contribution in [0.25, 0.3) is 0 Å². The van der Waals surface area contributed by atoms with Crippen LogP contribution in [0.2, 0.25) is 0 Å². The van der Waals surface area contributed by atoms with E-state index in [2.05, 4.69) is 176 Å². The van der Waals surface area contributed by atoms with Crippen molar-refractivity contribution in [1.29, 1.82) is 0 Å². The van der Waals surface area contributed by atoms with Crippen LogP contribution < -0.4 is 0 Å². The van der Waals surface area contributed by atoms with Crippen LogP contribution in [0.5, 0.6) is 0 Å². The summed E-state index contributed by atoms with van der Waals surface area (Å²) in [6, 6.07) is 29.7. The molecule has 4 heteroatoms. The molecule has 2 nitrogen and oxygen atoms in total. The molecule has 0 aromatic heterocycles. The second kappa shape index (κ2) is 12.5. The predicted octanol–water partition coefficient (Wildman–Crippen LogP) is 8.85. The second-order valence-corrected chi connectivity index (χ2v) is 12.5. The Balaban J connectivity index is 0.00000186. The molecule has 3 aromatic carbocycles. The van der Waals surface area contributed by atoms with Gasteiger partial charge in [-0.3, -0.25) is 0 Å². The Hall–Kier alpha value is -1.61. The number of hydrogen-bond acceptors (Lipinski definition) is 2. The van der Waals surface area contributed by atoms with Crippen LogP contribution >= 0.6 is 10.1 Å². The van der Waals surface area contributed by atoms with Crippen molar-refractivity contribution >= 4 is 10.1 Å². The molecular formula is C33H43ClCuN2. The van der Waals surface area contributed by atoms with Gasteiger partial charge < -0.3 is 9.80 Å². The third-order valence-corrected chi connectivity index (χ3v) is 7.51. The molecule has 2 atom stereocenters. The minimum absolute atomic E-state index is 0.0868. The molecule has 0 amide bonds. The molecule has 1 heterocycles. The number of hydrogen-bond donors (Lipinski definition) is 0. The summed E-state index contributed by atoms with van der Waals surface area (Å²) in [5.41, 5.74) is 7.02. The molecule has 1 saturated heterocycles. The molecule has 1 fully saturated rings. The maximum atomic E-state index is 4.20. The van der Waals surface area contributed by atoms with Gasteiger partial charge in [-0.1, -0.05) is 120 Å². The first kappa shape index (κ1) is 29.9. The van der Waals surface area contributed by atoms with Gasteiger partial charge in [0, 0.05) is 18.1 Å². The van der Waals surface area contributed by atoms with Gasteiger partial charge in [-0.05, 0) is 59.0 Å². The van der Waals surface area contributed by atoms with Gasteiger partial charge in [-0.25, -0.2) is 6.67 Å². The zero-order valence-corrected chi connectivity index (χ0v) is 25.3. The van der Waals surface area contributed by atoms with Crippen molar-refractivity contribution in [3.8, 4) is 0 Å². The van der Waals surface area contributed by atoms with E-state index in [-0.39, 0.29) is 16.9 Å². The number of benzene rings is 3. The monoisotopic (exact) mass is 565 g/mol. The average molecular weight is 567 g/mol. The molecule has 0 radical (unpaired) electrons. The number of nitrogens with zero attached hydrogens (tertiary/aromatic N) is 2. The molecule has 0 N–H and O–H groups in total. The van der Waals surface area contributed by atoms with E-state index < -0.39 is 0 Å². The van der Waals surface area contributed by atoms with Gasteiger partial charge in [0.15, 0.2) is 0 Å². The summed E-state index contributed by atoms with van der Waals surface area (Å²) in [6.07, 6.45) is 0.